The number of rotatable bonds is 5. The fourth-order valence-electron chi connectivity index (χ4n) is 2.89. The van der Waals surface area contributed by atoms with E-state index in [4.69, 9.17) is 4.74 Å². The van der Waals surface area contributed by atoms with Crippen molar-refractivity contribution in [2.24, 2.45) is 5.92 Å². The molecule has 126 valence electrons. The molecule has 1 aliphatic heterocycles. The van der Waals surface area contributed by atoms with Crippen LogP contribution in [-0.4, -0.2) is 30.3 Å². The van der Waals surface area contributed by atoms with E-state index in [2.05, 4.69) is 15.6 Å². The molecule has 2 N–H and O–H groups in total. The summed E-state index contributed by atoms with van der Waals surface area (Å²) in [7, 11) is 0. The van der Waals surface area contributed by atoms with Gasteiger partial charge in [-0.2, -0.15) is 0 Å². The van der Waals surface area contributed by atoms with Gasteiger partial charge in [-0.25, -0.2) is 4.79 Å². The molecule has 5 heteroatoms. The lowest BCUT2D eigenvalue weighted by atomic mass is 9.95. The second-order valence-electron chi connectivity index (χ2n) is 6.28. The minimum absolute atomic E-state index is 0.0381. The Hall–Kier alpha value is -2.40. The SMILES string of the molecule is Cc1ccc(CNC(=O)N[C@H]2COC[C@H]2Cc2ccncc2)cc1. The van der Waals surface area contributed by atoms with E-state index in [-0.39, 0.29) is 18.0 Å². The van der Waals surface area contributed by atoms with Gasteiger partial charge in [-0.3, -0.25) is 4.98 Å². The van der Waals surface area contributed by atoms with E-state index < -0.39 is 0 Å². The van der Waals surface area contributed by atoms with Crippen LogP contribution >= 0.6 is 0 Å². The minimum atomic E-state index is -0.147. The lowest BCUT2D eigenvalue weighted by Gasteiger charge is -2.19. The molecule has 2 heterocycles. The van der Waals surface area contributed by atoms with E-state index >= 15 is 0 Å². The Morgan fingerprint density at radius 3 is 2.62 bits per heavy atom. The fourth-order valence-corrected chi connectivity index (χ4v) is 2.89. The highest BCUT2D eigenvalue weighted by Crippen LogP contribution is 2.18. The number of hydrogen-bond donors (Lipinski definition) is 2. The van der Waals surface area contributed by atoms with Gasteiger partial charge in [-0.1, -0.05) is 29.8 Å². The van der Waals surface area contributed by atoms with Crippen molar-refractivity contribution in [3.8, 4) is 0 Å². The molecular weight excluding hydrogens is 302 g/mol. The number of aromatic nitrogens is 1. The first-order valence-electron chi connectivity index (χ1n) is 8.27. The smallest absolute Gasteiger partial charge is 0.315 e. The summed E-state index contributed by atoms with van der Waals surface area (Å²) in [4.78, 5) is 16.2. The van der Waals surface area contributed by atoms with Gasteiger partial charge in [-0.05, 0) is 36.6 Å². The lowest BCUT2D eigenvalue weighted by molar-refractivity contribution is 0.182. The molecule has 0 saturated carbocycles. The van der Waals surface area contributed by atoms with Crippen molar-refractivity contribution in [3.63, 3.8) is 0 Å². The molecule has 1 fully saturated rings. The number of carbonyl (C=O) groups excluding carboxylic acids is 1. The number of hydrogen-bond acceptors (Lipinski definition) is 3. The highest BCUT2D eigenvalue weighted by atomic mass is 16.5. The number of benzene rings is 1. The van der Waals surface area contributed by atoms with Gasteiger partial charge in [0, 0.05) is 24.9 Å². The Bertz CT molecular complexity index is 658. The summed E-state index contributed by atoms with van der Waals surface area (Å²) in [6.45, 7) is 3.81. The number of nitrogens with zero attached hydrogens (tertiary/aromatic N) is 1. The topological polar surface area (TPSA) is 63.2 Å². The quantitative estimate of drug-likeness (QED) is 0.887. The second-order valence-corrected chi connectivity index (χ2v) is 6.28. The van der Waals surface area contributed by atoms with Crippen molar-refractivity contribution in [2.75, 3.05) is 13.2 Å². The average Bonchev–Trinajstić information content (AvgIpc) is 3.02. The van der Waals surface area contributed by atoms with Crippen LogP contribution in [0.5, 0.6) is 0 Å². The van der Waals surface area contributed by atoms with Gasteiger partial charge in [0.1, 0.15) is 0 Å². The number of carbonyl (C=O) groups is 1. The number of aryl methyl sites for hydroxylation is 1. The average molecular weight is 325 g/mol. The maximum absolute atomic E-state index is 12.1. The summed E-state index contributed by atoms with van der Waals surface area (Å²) in [5.41, 5.74) is 3.52. The molecule has 0 radical (unpaired) electrons. The van der Waals surface area contributed by atoms with Crippen LogP contribution in [0.1, 0.15) is 16.7 Å². The monoisotopic (exact) mass is 325 g/mol. The number of nitrogens with one attached hydrogen (secondary N) is 2. The molecule has 0 spiro atoms. The van der Waals surface area contributed by atoms with E-state index in [0.29, 0.717) is 19.8 Å². The molecule has 1 aliphatic rings. The normalized spacial score (nSPS) is 19.9. The van der Waals surface area contributed by atoms with Crippen molar-refractivity contribution in [3.05, 3.63) is 65.5 Å². The summed E-state index contributed by atoms with van der Waals surface area (Å²) in [5.74, 6) is 0.289. The van der Waals surface area contributed by atoms with Crippen LogP contribution < -0.4 is 10.6 Å². The zero-order chi connectivity index (χ0) is 16.8. The number of urea groups is 1. The minimum Gasteiger partial charge on any atom is -0.379 e. The zero-order valence-electron chi connectivity index (χ0n) is 13.9. The summed E-state index contributed by atoms with van der Waals surface area (Å²) in [6.07, 6.45) is 4.47. The first-order chi connectivity index (χ1) is 11.7. The molecule has 3 rings (SSSR count). The number of pyridine rings is 1. The van der Waals surface area contributed by atoms with E-state index in [1.54, 1.807) is 12.4 Å². The van der Waals surface area contributed by atoms with E-state index in [1.165, 1.54) is 11.1 Å². The van der Waals surface area contributed by atoms with Crippen LogP contribution in [0.3, 0.4) is 0 Å². The molecule has 2 aromatic rings. The Kier molecular flexibility index (Phi) is 5.43. The predicted molar refractivity (Wildman–Crippen MR) is 92.6 cm³/mol. The maximum Gasteiger partial charge on any atom is 0.315 e. The Morgan fingerprint density at radius 2 is 1.88 bits per heavy atom. The fraction of sp³-hybridized carbons (Fsp3) is 0.368. The van der Waals surface area contributed by atoms with Gasteiger partial charge >= 0.3 is 6.03 Å². The Morgan fingerprint density at radius 1 is 1.12 bits per heavy atom. The van der Waals surface area contributed by atoms with Crippen molar-refractivity contribution >= 4 is 6.03 Å². The number of ether oxygens (including phenoxy) is 1. The van der Waals surface area contributed by atoms with E-state index in [9.17, 15) is 4.79 Å². The molecule has 1 aromatic heterocycles. The summed E-state index contributed by atoms with van der Waals surface area (Å²) in [5, 5.41) is 5.95. The summed E-state index contributed by atoms with van der Waals surface area (Å²) >= 11 is 0. The molecule has 5 nitrogen and oxygen atoms in total. The molecule has 1 aromatic carbocycles. The Balaban J connectivity index is 1.48. The molecular formula is C19H23N3O2. The van der Waals surface area contributed by atoms with E-state index in [1.807, 2.05) is 43.3 Å². The predicted octanol–water partition coefficient (Wildman–Crippen LogP) is 2.45. The lowest BCUT2D eigenvalue weighted by Crippen LogP contribution is -2.45. The van der Waals surface area contributed by atoms with Gasteiger partial charge in [0.25, 0.3) is 0 Å². The van der Waals surface area contributed by atoms with Crippen LogP contribution in [0.15, 0.2) is 48.8 Å². The first-order valence-corrected chi connectivity index (χ1v) is 8.27. The highest BCUT2D eigenvalue weighted by Gasteiger charge is 2.29. The zero-order valence-corrected chi connectivity index (χ0v) is 13.9. The second kappa shape index (κ2) is 7.93. The molecule has 0 unspecified atom stereocenters. The molecule has 24 heavy (non-hydrogen) atoms. The highest BCUT2D eigenvalue weighted by molar-refractivity contribution is 5.74. The van der Waals surface area contributed by atoms with Crippen LogP contribution in [0.4, 0.5) is 4.79 Å². The molecule has 0 bridgehead atoms. The van der Waals surface area contributed by atoms with Gasteiger partial charge in [0.15, 0.2) is 0 Å². The van der Waals surface area contributed by atoms with Crippen molar-refractivity contribution < 1.29 is 9.53 Å². The third-order valence-electron chi connectivity index (χ3n) is 4.34. The van der Waals surface area contributed by atoms with Crippen molar-refractivity contribution in [2.45, 2.75) is 25.9 Å². The number of amides is 2. The van der Waals surface area contributed by atoms with Crippen LogP contribution in [0.25, 0.3) is 0 Å². The third-order valence-corrected chi connectivity index (χ3v) is 4.34. The van der Waals surface area contributed by atoms with Crippen LogP contribution in [-0.2, 0) is 17.7 Å². The maximum atomic E-state index is 12.1. The van der Waals surface area contributed by atoms with Gasteiger partial charge in [-0.15, -0.1) is 0 Å². The van der Waals surface area contributed by atoms with Gasteiger partial charge < -0.3 is 15.4 Å². The summed E-state index contributed by atoms with van der Waals surface area (Å²) in [6, 6.07) is 12.1. The molecule has 0 aliphatic carbocycles. The van der Waals surface area contributed by atoms with Gasteiger partial charge in [0.05, 0.1) is 19.3 Å². The molecule has 2 atom stereocenters. The molecule has 2 amide bonds. The van der Waals surface area contributed by atoms with E-state index in [0.717, 1.165) is 12.0 Å². The van der Waals surface area contributed by atoms with Crippen LogP contribution in [0.2, 0.25) is 0 Å². The third kappa shape index (κ3) is 4.55. The standard InChI is InChI=1S/C19H23N3O2/c1-14-2-4-16(5-3-14)11-21-19(23)22-18-13-24-12-17(18)10-15-6-8-20-9-7-15/h2-9,17-18H,10-13H2,1H3,(H2,21,22,23)/t17-,18+/m1/s1. The molecule has 1 saturated heterocycles. The van der Waals surface area contributed by atoms with Crippen molar-refractivity contribution in [1.82, 2.24) is 15.6 Å². The summed E-state index contributed by atoms with van der Waals surface area (Å²) < 4.78 is 5.56. The Labute approximate surface area is 142 Å². The van der Waals surface area contributed by atoms with Crippen molar-refractivity contribution in [1.29, 1.82) is 0 Å². The van der Waals surface area contributed by atoms with Crippen LogP contribution in [0, 0.1) is 12.8 Å². The van der Waals surface area contributed by atoms with Gasteiger partial charge in [0.2, 0.25) is 0 Å². The largest absolute Gasteiger partial charge is 0.379 e. The first kappa shape index (κ1) is 16.5.